The number of hydrogen-bond acceptors (Lipinski definition) is 3. The van der Waals surface area contributed by atoms with Crippen LogP contribution in [-0.4, -0.2) is 27.2 Å². The van der Waals surface area contributed by atoms with Crippen molar-refractivity contribution in [2.45, 2.75) is 32.2 Å². The molecular formula is C15H18Cl2N4O. The molecule has 2 aromatic rings. The minimum Gasteiger partial charge on any atom is -0.353 e. The van der Waals surface area contributed by atoms with Crippen LogP contribution < -0.4 is 5.32 Å². The van der Waals surface area contributed by atoms with Gasteiger partial charge in [-0.1, -0.05) is 43.1 Å². The van der Waals surface area contributed by atoms with Crippen LogP contribution in [0.25, 0.3) is 0 Å². The van der Waals surface area contributed by atoms with E-state index in [0.29, 0.717) is 16.6 Å². The topological polar surface area (TPSA) is 59.8 Å². The van der Waals surface area contributed by atoms with Crippen molar-refractivity contribution < 1.29 is 4.79 Å². The van der Waals surface area contributed by atoms with Crippen molar-refractivity contribution in [2.24, 2.45) is 0 Å². The summed E-state index contributed by atoms with van der Waals surface area (Å²) in [4.78, 5) is 16.0. The van der Waals surface area contributed by atoms with Crippen LogP contribution in [0.4, 0.5) is 0 Å². The molecular weight excluding hydrogens is 323 g/mol. The molecule has 0 aliphatic rings. The lowest BCUT2D eigenvalue weighted by molar-refractivity contribution is -0.124. The third kappa shape index (κ3) is 3.78. The lowest BCUT2D eigenvalue weighted by Crippen LogP contribution is -2.39. The van der Waals surface area contributed by atoms with Gasteiger partial charge in [0.05, 0.1) is 10.0 Å². The second-order valence-electron chi connectivity index (χ2n) is 5.78. The first-order valence-corrected chi connectivity index (χ1v) is 7.64. The molecule has 1 heterocycles. The summed E-state index contributed by atoms with van der Waals surface area (Å²) in [6.07, 6.45) is 2.93. The van der Waals surface area contributed by atoms with E-state index in [1.165, 1.54) is 17.3 Å². The first kappa shape index (κ1) is 16.8. The van der Waals surface area contributed by atoms with Crippen LogP contribution in [0.2, 0.25) is 10.0 Å². The van der Waals surface area contributed by atoms with Gasteiger partial charge in [-0.15, -0.1) is 0 Å². The van der Waals surface area contributed by atoms with E-state index in [1.54, 1.807) is 13.0 Å². The van der Waals surface area contributed by atoms with Gasteiger partial charge in [-0.25, -0.2) is 9.67 Å². The van der Waals surface area contributed by atoms with Gasteiger partial charge in [0.1, 0.15) is 18.7 Å². The first-order valence-electron chi connectivity index (χ1n) is 6.88. The number of halogens is 2. The Morgan fingerprint density at radius 2 is 2.09 bits per heavy atom. The Bertz CT molecular complexity index is 656. The van der Waals surface area contributed by atoms with Crippen molar-refractivity contribution in [1.29, 1.82) is 0 Å². The fourth-order valence-corrected chi connectivity index (χ4v) is 2.31. The quantitative estimate of drug-likeness (QED) is 0.908. The molecule has 22 heavy (non-hydrogen) atoms. The molecule has 0 aliphatic heterocycles. The molecule has 2 rings (SSSR count). The lowest BCUT2D eigenvalue weighted by Gasteiger charge is -2.27. The Balaban J connectivity index is 2.02. The van der Waals surface area contributed by atoms with Gasteiger partial charge in [0.2, 0.25) is 5.91 Å². The van der Waals surface area contributed by atoms with Gasteiger partial charge < -0.3 is 5.32 Å². The molecule has 0 radical (unpaired) electrons. The van der Waals surface area contributed by atoms with E-state index < -0.39 is 6.04 Å². The summed E-state index contributed by atoms with van der Waals surface area (Å²) in [7, 11) is 0. The Kier molecular flexibility index (Phi) is 5.08. The lowest BCUT2D eigenvalue weighted by atomic mass is 9.84. The zero-order chi connectivity index (χ0) is 16.3. The number of carbonyl (C=O) groups is 1. The summed E-state index contributed by atoms with van der Waals surface area (Å²) in [5.41, 5.74) is 0.738. The Morgan fingerprint density at radius 3 is 2.68 bits per heavy atom. The van der Waals surface area contributed by atoms with Gasteiger partial charge in [-0.05, 0) is 24.6 Å². The standard InChI is InChI=1S/C15H18Cl2N4O/c1-10(21-9-18-8-20-21)14(22)19-7-15(2,3)11-4-5-12(16)13(17)6-11/h4-6,8-10H,7H2,1-3H3,(H,19,22). The van der Waals surface area contributed by atoms with Crippen molar-refractivity contribution in [3.05, 3.63) is 46.5 Å². The van der Waals surface area contributed by atoms with Crippen molar-refractivity contribution in [3.63, 3.8) is 0 Å². The van der Waals surface area contributed by atoms with Crippen molar-refractivity contribution in [2.75, 3.05) is 6.54 Å². The van der Waals surface area contributed by atoms with Crippen LogP contribution in [-0.2, 0) is 10.2 Å². The highest BCUT2D eigenvalue weighted by molar-refractivity contribution is 6.42. The maximum atomic E-state index is 12.2. The predicted molar refractivity (Wildman–Crippen MR) is 87.2 cm³/mol. The average Bonchev–Trinajstić information content (AvgIpc) is 3.01. The normalized spacial score (nSPS) is 13.0. The van der Waals surface area contributed by atoms with E-state index in [1.807, 2.05) is 26.0 Å². The summed E-state index contributed by atoms with van der Waals surface area (Å²) >= 11 is 12.0. The number of carbonyl (C=O) groups excluding carboxylic acids is 1. The molecule has 118 valence electrons. The number of nitrogens with zero attached hydrogens (tertiary/aromatic N) is 3. The third-order valence-electron chi connectivity index (χ3n) is 3.62. The van der Waals surface area contributed by atoms with E-state index in [0.717, 1.165) is 5.56 Å². The van der Waals surface area contributed by atoms with Gasteiger partial charge in [0, 0.05) is 12.0 Å². The Labute approximate surface area is 139 Å². The van der Waals surface area contributed by atoms with E-state index in [2.05, 4.69) is 15.4 Å². The molecule has 1 aromatic carbocycles. The van der Waals surface area contributed by atoms with E-state index in [4.69, 9.17) is 23.2 Å². The van der Waals surface area contributed by atoms with Gasteiger partial charge in [-0.2, -0.15) is 5.10 Å². The highest BCUT2D eigenvalue weighted by Crippen LogP contribution is 2.29. The number of benzene rings is 1. The van der Waals surface area contributed by atoms with Crippen LogP contribution in [0, 0.1) is 0 Å². The van der Waals surface area contributed by atoms with Crippen molar-refractivity contribution >= 4 is 29.1 Å². The van der Waals surface area contributed by atoms with Gasteiger partial charge in [-0.3, -0.25) is 4.79 Å². The molecule has 0 bridgehead atoms. The number of nitrogens with one attached hydrogen (secondary N) is 1. The van der Waals surface area contributed by atoms with Gasteiger partial charge in [0.25, 0.3) is 0 Å². The molecule has 1 unspecified atom stereocenters. The van der Waals surface area contributed by atoms with E-state index >= 15 is 0 Å². The zero-order valence-electron chi connectivity index (χ0n) is 12.7. The van der Waals surface area contributed by atoms with Gasteiger partial charge in [0.15, 0.2) is 0 Å². The minimum atomic E-state index is -0.410. The third-order valence-corrected chi connectivity index (χ3v) is 4.36. The second-order valence-corrected chi connectivity index (χ2v) is 6.60. The molecule has 7 heteroatoms. The summed E-state index contributed by atoms with van der Waals surface area (Å²) < 4.78 is 1.52. The Hall–Kier alpha value is -1.59. The van der Waals surface area contributed by atoms with Crippen LogP contribution in [0.15, 0.2) is 30.9 Å². The number of aromatic nitrogens is 3. The van der Waals surface area contributed by atoms with Gasteiger partial charge >= 0.3 is 0 Å². The summed E-state index contributed by atoms with van der Waals surface area (Å²) in [5, 5.41) is 7.94. The zero-order valence-corrected chi connectivity index (χ0v) is 14.2. The molecule has 1 N–H and O–H groups in total. The van der Waals surface area contributed by atoms with Crippen molar-refractivity contribution in [1.82, 2.24) is 20.1 Å². The maximum Gasteiger partial charge on any atom is 0.244 e. The smallest absolute Gasteiger partial charge is 0.244 e. The Morgan fingerprint density at radius 1 is 1.36 bits per heavy atom. The molecule has 1 aromatic heterocycles. The summed E-state index contributed by atoms with van der Waals surface area (Å²) in [6, 6.07) is 5.10. The highest BCUT2D eigenvalue weighted by atomic mass is 35.5. The molecule has 5 nitrogen and oxygen atoms in total. The fourth-order valence-electron chi connectivity index (χ4n) is 2.01. The highest BCUT2D eigenvalue weighted by Gasteiger charge is 2.24. The average molecular weight is 341 g/mol. The van der Waals surface area contributed by atoms with Crippen molar-refractivity contribution in [3.8, 4) is 0 Å². The fraction of sp³-hybridized carbons (Fsp3) is 0.400. The molecule has 1 amide bonds. The molecule has 0 saturated heterocycles. The van der Waals surface area contributed by atoms with Crippen LogP contribution >= 0.6 is 23.2 Å². The van der Waals surface area contributed by atoms with E-state index in [-0.39, 0.29) is 11.3 Å². The summed E-state index contributed by atoms with van der Waals surface area (Å²) in [5.74, 6) is -0.112. The first-order chi connectivity index (χ1) is 10.3. The molecule has 0 fully saturated rings. The second kappa shape index (κ2) is 6.67. The maximum absolute atomic E-state index is 12.2. The molecule has 0 aliphatic carbocycles. The van der Waals surface area contributed by atoms with Crippen LogP contribution in [0.3, 0.4) is 0 Å². The largest absolute Gasteiger partial charge is 0.353 e. The number of amides is 1. The minimum absolute atomic E-state index is 0.112. The number of rotatable bonds is 5. The molecule has 0 spiro atoms. The monoisotopic (exact) mass is 340 g/mol. The van der Waals surface area contributed by atoms with E-state index in [9.17, 15) is 4.79 Å². The SMILES string of the molecule is CC(C(=O)NCC(C)(C)c1ccc(Cl)c(Cl)c1)n1cncn1. The predicted octanol–water partition coefficient (Wildman–Crippen LogP) is 3.24. The van der Waals surface area contributed by atoms with Crippen LogP contribution in [0.1, 0.15) is 32.4 Å². The summed E-state index contributed by atoms with van der Waals surface area (Å²) in [6.45, 7) is 6.32. The van der Waals surface area contributed by atoms with Crippen LogP contribution in [0.5, 0.6) is 0 Å². The molecule has 1 atom stereocenters. The number of hydrogen-bond donors (Lipinski definition) is 1. The molecule has 0 saturated carbocycles.